The van der Waals surface area contributed by atoms with E-state index in [1.807, 2.05) is 24.3 Å². The largest absolute Gasteiger partial charge is 0.497 e. The van der Waals surface area contributed by atoms with E-state index in [0.717, 1.165) is 53.4 Å². The summed E-state index contributed by atoms with van der Waals surface area (Å²) in [4.78, 5) is 3.54. The number of aromatic nitrogens is 1. The number of unbranched alkanes of at least 4 members (excludes halogenated alkanes) is 1. The fraction of sp³-hybridized carbons (Fsp3) is 0.263. The van der Waals surface area contributed by atoms with Gasteiger partial charge in [0, 0.05) is 21.6 Å². The van der Waals surface area contributed by atoms with Gasteiger partial charge in [0.25, 0.3) is 0 Å². The Morgan fingerprint density at radius 3 is 2.74 bits per heavy atom. The number of halogens is 1. The second kappa shape index (κ2) is 7.07. The molecule has 3 aromatic rings. The molecule has 0 aliphatic carbocycles. The van der Waals surface area contributed by atoms with E-state index in [2.05, 4.69) is 23.2 Å². The molecule has 23 heavy (non-hydrogen) atoms. The number of hydrogen-bond donors (Lipinski definition) is 2. The Morgan fingerprint density at radius 1 is 1.13 bits per heavy atom. The van der Waals surface area contributed by atoms with Gasteiger partial charge in [-0.25, -0.2) is 0 Å². The molecule has 0 spiro atoms. The van der Waals surface area contributed by atoms with Crippen molar-refractivity contribution in [2.45, 2.75) is 19.3 Å². The Labute approximate surface area is 141 Å². The van der Waals surface area contributed by atoms with Crippen LogP contribution in [-0.2, 0) is 6.42 Å². The minimum absolute atomic E-state index is 0.720. The molecule has 0 unspecified atom stereocenters. The van der Waals surface area contributed by atoms with Crippen LogP contribution in [0.3, 0.4) is 0 Å². The molecule has 0 bridgehead atoms. The number of fused-ring (bicyclic) bond motifs is 1. The van der Waals surface area contributed by atoms with Crippen molar-refractivity contribution in [2.75, 3.05) is 13.7 Å². The lowest BCUT2D eigenvalue weighted by atomic mass is 10.00. The lowest BCUT2D eigenvalue weighted by Gasteiger charge is -2.06. The predicted octanol–water partition coefficient (Wildman–Crippen LogP) is 4.78. The van der Waals surface area contributed by atoms with Crippen molar-refractivity contribution in [1.29, 1.82) is 0 Å². The lowest BCUT2D eigenvalue weighted by molar-refractivity contribution is 0.415. The number of benzene rings is 2. The zero-order valence-corrected chi connectivity index (χ0v) is 14.0. The maximum Gasteiger partial charge on any atom is 0.119 e. The summed E-state index contributed by atoms with van der Waals surface area (Å²) < 4.78 is 5.38. The molecule has 0 aliphatic heterocycles. The van der Waals surface area contributed by atoms with E-state index in [4.69, 9.17) is 22.1 Å². The number of methoxy groups -OCH3 is 1. The first-order chi connectivity index (χ1) is 11.2. The number of nitrogens with two attached hydrogens (primary N) is 1. The summed E-state index contributed by atoms with van der Waals surface area (Å²) in [7, 11) is 1.69. The summed E-state index contributed by atoms with van der Waals surface area (Å²) in [6, 6.07) is 14.1. The molecule has 3 rings (SSSR count). The third-order valence-corrected chi connectivity index (χ3v) is 4.34. The smallest absolute Gasteiger partial charge is 0.119 e. The van der Waals surface area contributed by atoms with E-state index in [9.17, 15) is 0 Å². The molecule has 1 aromatic heterocycles. The highest BCUT2D eigenvalue weighted by Crippen LogP contribution is 2.34. The number of hydrogen-bond acceptors (Lipinski definition) is 2. The minimum atomic E-state index is 0.720. The summed E-state index contributed by atoms with van der Waals surface area (Å²) in [6.07, 6.45) is 3.06. The standard InChI is InChI=1S/C19H21ClN2O/c1-23-15-8-9-18-17(12-15)16(7-2-3-10-21)19(22-18)13-5-4-6-14(20)11-13/h4-6,8-9,11-12,22H,2-3,7,10,21H2,1H3. The molecule has 1 heterocycles. The van der Waals surface area contributed by atoms with Gasteiger partial charge in [0.15, 0.2) is 0 Å². The van der Waals surface area contributed by atoms with Gasteiger partial charge in [0.1, 0.15) is 5.75 Å². The van der Waals surface area contributed by atoms with Gasteiger partial charge < -0.3 is 15.5 Å². The normalized spacial score (nSPS) is 11.1. The molecular formula is C19H21ClN2O. The van der Waals surface area contributed by atoms with Gasteiger partial charge in [-0.1, -0.05) is 23.7 Å². The second-order valence-corrected chi connectivity index (χ2v) is 6.08. The fourth-order valence-corrected chi connectivity index (χ4v) is 3.14. The highest BCUT2D eigenvalue weighted by atomic mass is 35.5. The van der Waals surface area contributed by atoms with Crippen molar-refractivity contribution in [2.24, 2.45) is 5.73 Å². The molecule has 120 valence electrons. The van der Waals surface area contributed by atoms with E-state index in [1.165, 1.54) is 10.9 Å². The molecule has 0 atom stereocenters. The Hall–Kier alpha value is -1.97. The monoisotopic (exact) mass is 328 g/mol. The fourth-order valence-electron chi connectivity index (χ4n) is 2.95. The Morgan fingerprint density at radius 2 is 2.00 bits per heavy atom. The van der Waals surface area contributed by atoms with Crippen LogP contribution in [0.1, 0.15) is 18.4 Å². The van der Waals surface area contributed by atoms with Crippen molar-refractivity contribution in [3.8, 4) is 17.0 Å². The number of nitrogens with one attached hydrogen (secondary N) is 1. The Bertz CT molecular complexity index is 810. The Kier molecular flexibility index (Phi) is 4.89. The molecule has 0 aliphatic rings. The van der Waals surface area contributed by atoms with E-state index in [-0.39, 0.29) is 0 Å². The van der Waals surface area contributed by atoms with Crippen LogP contribution < -0.4 is 10.5 Å². The van der Waals surface area contributed by atoms with E-state index in [0.29, 0.717) is 0 Å². The van der Waals surface area contributed by atoms with Crippen LogP contribution in [-0.4, -0.2) is 18.6 Å². The zero-order valence-electron chi connectivity index (χ0n) is 13.2. The first kappa shape index (κ1) is 15.9. The van der Waals surface area contributed by atoms with Gasteiger partial charge in [-0.3, -0.25) is 0 Å². The quantitative estimate of drug-likeness (QED) is 0.640. The number of rotatable bonds is 6. The van der Waals surface area contributed by atoms with Gasteiger partial charge in [0.05, 0.1) is 7.11 Å². The number of aryl methyl sites for hydroxylation is 1. The van der Waals surface area contributed by atoms with Crippen molar-refractivity contribution in [3.05, 3.63) is 53.1 Å². The SMILES string of the molecule is COc1ccc2[nH]c(-c3cccc(Cl)c3)c(CCCCN)c2c1. The van der Waals surface area contributed by atoms with Gasteiger partial charge in [0.2, 0.25) is 0 Å². The minimum Gasteiger partial charge on any atom is -0.497 e. The first-order valence-corrected chi connectivity index (χ1v) is 8.25. The molecule has 0 fully saturated rings. The molecule has 0 saturated carbocycles. The maximum absolute atomic E-state index is 6.17. The Balaban J connectivity index is 2.13. The van der Waals surface area contributed by atoms with E-state index >= 15 is 0 Å². The van der Waals surface area contributed by atoms with Gasteiger partial charge in [-0.05, 0) is 67.3 Å². The van der Waals surface area contributed by atoms with Crippen molar-refractivity contribution < 1.29 is 4.74 Å². The van der Waals surface area contributed by atoms with Crippen molar-refractivity contribution >= 4 is 22.5 Å². The van der Waals surface area contributed by atoms with Crippen LogP contribution in [0.5, 0.6) is 5.75 Å². The summed E-state index contributed by atoms with van der Waals surface area (Å²) in [5, 5.41) is 1.95. The highest BCUT2D eigenvalue weighted by Gasteiger charge is 2.14. The molecular weight excluding hydrogens is 308 g/mol. The maximum atomic E-state index is 6.17. The average molecular weight is 329 g/mol. The molecule has 0 saturated heterocycles. The zero-order chi connectivity index (χ0) is 16.2. The predicted molar refractivity (Wildman–Crippen MR) is 97.3 cm³/mol. The molecule has 3 N–H and O–H groups in total. The average Bonchev–Trinajstić information content (AvgIpc) is 2.93. The van der Waals surface area contributed by atoms with Crippen LogP contribution in [0.4, 0.5) is 0 Å². The van der Waals surface area contributed by atoms with E-state index in [1.54, 1.807) is 7.11 Å². The first-order valence-electron chi connectivity index (χ1n) is 7.87. The molecule has 0 amide bonds. The summed E-state index contributed by atoms with van der Waals surface area (Å²) in [5.41, 5.74) is 10.3. The lowest BCUT2D eigenvalue weighted by Crippen LogP contribution is -1.99. The third-order valence-electron chi connectivity index (χ3n) is 4.11. The van der Waals surface area contributed by atoms with Crippen LogP contribution in [0, 0.1) is 0 Å². The molecule has 3 nitrogen and oxygen atoms in total. The van der Waals surface area contributed by atoms with E-state index < -0.39 is 0 Å². The third kappa shape index (κ3) is 3.36. The van der Waals surface area contributed by atoms with Gasteiger partial charge >= 0.3 is 0 Å². The van der Waals surface area contributed by atoms with Crippen LogP contribution >= 0.6 is 11.6 Å². The van der Waals surface area contributed by atoms with Crippen LogP contribution in [0.2, 0.25) is 5.02 Å². The summed E-state index contributed by atoms with van der Waals surface area (Å²) >= 11 is 6.17. The second-order valence-electron chi connectivity index (χ2n) is 5.65. The number of aromatic amines is 1. The highest BCUT2D eigenvalue weighted by molar-refractivity contribution is 6.30. The summed E-state index contributed by atoms with van der Waals surface area (Å²) in [6.45, 7) is 0.720. The topological polar surface area (TPSA) is 51.0 Å². The molecule has 4 heteroatoms. The number of ether oxygens (including phenoxy) is 1. The van der Waals surface area contributed by atoms with Crippen molar-refractivity contribution in [3.63, 3.8) is 0 Å². The van der Waals surface area contributed by atoms with Crippen LogP contribution in [0.15, 0.2) is 42.5 Å². The molecule has 0 radical (unpaired) electrons. The molecule has 2 aromatic carbocycles. The van der Waals surface area contributed by atoms with Crippen LogP contribution in [0.25, 0.3) is 22.2 Å². The number of H-pyrrole nitrogens is 1. The van der Waals surface area contributed by atoms with Crippen molar-refractivity contribution in [1.82, 2.24) is 4.98 Å². The summed E-state index contributed by atoms with van der Waals surface area (Å²) in [5.74, 6) is 0.870. The van der Waals surface area contributed by atoms with Gasteiger partial charge in [-0.2, -0.15) is 0 Å². The van der Waals surface area contributed by atoms with Gasteiger partial charge in [-0.15, -0.1) is 0 Å².